The average Bonchev–Trinajstić information content (AvgIpc) is 3.61. The van der Waals surface area contributed by atoms with Gasteiger partial charge >= 0.3 is 0 Å². The van der Waals surface area contributed by atoms with Crippen molar-refractivity contribution in [2.75, 3.05) is 12.3 Å². The summed E-state index contributed by atoms with van der Waals surface area (Å²) in [6.45, 7) is 9.24. The van der Waals surface area contributed by atoms with Crippen LogP contribution in [-0.2, 0) is 14.9 Å². The first-order chi connectivity index (χ1) is 19.6. The molecule has 3 aliphatic rings. The van der Waals surface area contributed by atoms with Gasteiger partial charge in [-0.15, -0.1) is 0 Å². The lowest BCUT2D eigenvalue weighted by molar-refractivity contribution is -0.200. The zero-order valence-electron chi connectivity index (χ0n) is 23.8. The molecular weight excluding hydrogens is 524 g/mol. The molecule has 1 aliphatic carbocycles. The largest absolute Gasteiger partial charge is 0.386 e. The molecule has 5 heterocycles. The molecule has 3 fully saturated rings. The summed E-state index contributed by atoms with van der Waals surface area (Å²) >= 11 is 0. The fourth-order valence-corrected chi connectivity index (χ4v) is 6.67. The second-order valence-electron chi connectivity index (χ2n) is 12.9. The molecule has 1 aromatic carbocycles. The molecule has 0 spiro atoms. The molecule has 0 radical (unpaired) electrons. The Bertz CT molecular complexity index is 1570. The molecule has 7 rings (SSSR count). The fraction of sp³-hybridized carbons (Fsp3) is 0.586. The SMILES string of the molecule is CC1O[C@H]2[C@@H](O)[C@H](n3cnc4c(N)ncnc43)O[C@@H]2CN1[C@H]1C[C@@H](CC(O)c2nc3cc(C(C)(C)C)ccc3[nH]2)C1. The van der Waals surface area contributed by atoms with Gasteiger partial charge in [0.25, 0.3) is 0 Å². The van der Waals surface area contributed by atoms with Gasteiger partial charge in [0.1, 0.15) is 48.3 Å². The predicted molar refractivity (Wildman–Crippen MR) is 152 cm³/mol. The summed E-state index contributed by atoms with van der Waals surface area (Å²) in [4.78, 5) is 23.0. The Morgan fingerprint density at radius 1 is 1.17 bits per heavy atom. The Kier molecular flexibility index (Phi) is 6.32. The van der Waals surface area contributed by atoms with Gasteiger partial charge in [0.05, 0.1) is 17.4 Å². The number of ether oxygens (including phenoxy) is 2. The molecule has 5 N–H and O–H groups in total. The number of nitrogen functional groups attached to an aromatic ring is 1. The number of hydrogen-bond donors (Lipinski definition) is 4. The number of aromatic nitrogens is 6. The fourth-order valence-electron chi connectivity index (χ4n) is 6.67. The monoisotopic (exact) mass is 562 g/mol. The number of nitrogens with two attached hydrogens (primary N) is 1. The average molecular weight is 563 g/mol. The number of nitrogens with one attached hydrogen (secondary N) is 1. The normalized spacial score (nSPS) is 31.4. The molecule has 0 amide bonds. The Balaban J connectivity index is 0.977. The van der Waals surface area contributed by atoms with Gasteiger partial charge in [0, 0.05) is 12.6 Å². The van der Waals surface area contributed by atoms with Crippen LogP contribution >= 0.6 is 0 Å². The number of aromatic amines is 1. The van der Waals surface area contributed by atoms with Crippen molar-refractivity contribution in [1.82, 2.24) is 34.4 Å². The first-order valence-corrected chi connectivity index (χ1v) is 14.4. The highest BCUT2D eigenvalue weighted by atomic mass is 16.6. The predicted octanol–water partition coefficient (Wildman–Crippen LogP) is 2.79. The van der Waals surface area contributed by atoms with Gasteiger partial charge < -0.3 is 30.4 Å². The summed E-state index contributed by atoms with van der Waals surface area (Å²) < 4.78 is 14.3. The lowest BCUT2D eigenvalue weighted by Crippen LogP contribution is -2.59. The van der Waals surface area contributed by atoms with Crippen LogP contribution in [0.3, 0.4) is 0 Å². The van der Waals surface area contributed by atoms with Gasteiger partial charge in [-0.1, -0.05) is 26.8 Å². The molecule has 2 unspecified atom stereocenters. The number of H-pyrrole nitrogens is 1. The molecule has 41 heavy (non-hydrogen) atoms. The number of aliphatic hydroxyl groups excluding tert-OH is 2. The molecule has 3 aromatic heterocycles. The number of fused-ring (bicyclic) bond motifs is 3. The number of rotatable bonds is 5. The third-order valence-electron chi connectivity index (χ3n) is 9.10. The van der Waals surface area contributed by atoms with E-state index in [1.165, 1.54) is 11.9 Å². The van der Waals surface area contributed by atoms with Crippen molar-refractivity contribution in [2.45, 2.75) is 95.3 Å². The topological polar surface area (TPSA) is 160 Å². The van der Waals surface area contributed by atoms with Crippen LogP contribution < -0.4 is 5.73 Å². The third-order valence-corrected chi connectivity index (χ3v) is 9.10. The second-order valence-corrected chi connectivity index (χ2v) is 12.9. The van der Waals surface area contributed by atoms with Crippen LogP contribution in [-0.4, -0.2) is 81.7 Å². The van der Waals surface area contributed by atoms with E-state index in [0.717, 1.165) is 23.9 Å². The van der Waals surface area contributed by atoms with Crippen LogP contribution in [0, 0.1) is 5.92 Å². The Morgan fingerprint density at radius 3 is 2.76 bits per heavy atom. The molecule has 0 bridgehead atoms. The van der Waals surface area contributed by atoms with E-state index in [0.29, 0.717) is 41.9 Å². The van der Waals surface area contributed by atoms with E-state index in [1.807, 2.05) is 6.92 Å². The standard InChI is InChI=1S/C29H38N8O4/c1-14-36(11-21-24(40-14)23(39)28(41-21)37-13-33-22-25(30)31-12-32-27(22)37)17-7-15(8-17)9-20(38)26-34-18-6-5-16(29(2,3)4)10-19(18)35-26/h5-6,10,12-15,17,20-21,23-24,28,38-39H,7-9,11H2,1-4H3,(H,34,35)(H2,30,31,32)/t14?,15-,17+,20?,21-,23-,24-,28-/m1/s1. The quantitative estimate of drug-likeness (QED) is 0.285. The lowest BCUT2D eigenvalue weighted by Gasteiger charge is -2.49. The van der Waals surface area contributed by atoms with E-state index in [4.69, 9.17) is 20.2 Å². The van der Waals surface area contributed by atoms with Gasteiger partial charge in [-0.2, -0.15) is 0 Å². The zero-order chi connectivity index (χ0) is 28.6. The van der Waals surface area contributed by atoms with Crippen LogP contribution in [0.2, 0.25) is 0 Å². The summed E-state index contributed by atoms with van der Waals surface area (Å²) in [7, 11) is 0. The van der Waals surface area contributed by atoms with Gasteiger partial charge in [0.2, 0.25) is 0 Å². The van der Waals surface area contributed by atoms with Gasteiger partial charge in [-0.05, 0) is 55.2 Å². The van der Waals surface area contributed by atoms with Crippen molar-refractivity contribution in [3.8, 4) is 0 Å². The van der Waals surface area contributed by atoms with Gasteiger partial charge in [-0.3, -0.25) is 9.47 Å². The first kappa shape index (κ1) is 26.7. The molecule has 4 aromatic rings. The van der Waals surface area contributed by atoms with Crippen molar-refractivity contribution in [2.24, 2.45) is 5.92 Å². The summed E-state index contributed by atoms with van der Waals surface area (Å²) in [5, 5.41) is 22.1. The molecular formula is C29H38N8O4. The maximum absolute atomic E-state index is 11.1. The maximum Gasteiger partial charge on any atom is 0.167 e. The maximum atomic E-state index is 11.1. The number of imidazole rings is 2. The highest BCUT2D eigenvalue weighted by Gasteiger charge is 2.52. The minimum atomic E-state index is -0.870. The summed E-state index contributed by atoms with van der Waals surface area (Å²) in [6.07, 6.45) is 2.46. The van der Waals surface area contributed by atoms with E-state index >= 15 is 0 Å². The second kappa shape index (κ2) is 9.70. The molecule has 12 nitrogen and oxygen atoms in total. The first-order valence-electron chi connectivity index (χ1n) is 14.4. The van der Waals surface area contributed by atoms with Crippen LogP contribution in [0.5, 0.6) is 0 Å². The van der Waals surface area contributed by atoms with Crippen molar-refractivity contribution < 1.29 is 19.7 Å². The van der Waals surface area contributed by atoms with E-state index in [1.54, 1.807) is 10.9 Å². The van der Waals surface area contributed by atoms with Crippen molar-refractivity contribution in [1.29, 1.82) is 0 Å². The number of benzene rings is 1. The van der Waals surface area contributed by atoms with Crippen molar-refractivity contribution >= 4 is 28.0 Å². The van der Waals surface area contributed by atoms with E-state index < -0.39 is 24.5 Å². The molecule has 2 aliphatic heterocycles. The lowest BCUT2D eigenvalue weighted by atomic mass is 9.75. The molecule has 218 valence electrons. The number of anilines is 1. The van der Waals surface area contributed by atoms with E-state index in [2.05, 4.69) is 63.8 Å². The Morgan fingerprint density at radius 2 is 1.98 bits per heavy atom. The van der Waals surface area contributed by atoms with Crippen molar-refractivity contribution in [3.05, 3.63) is 42.2 Å². The van der Waals surface area contributed by atoms with Crippen LogP contribution in [0.4, 0.5) is 5.82 Å². The zero-order valence-corrected chi connectivity index (χ0v) is 23.8. The number of hydrogen-bond acceptors (Lipinski definition) is 10. The Hall–Kier alpha value is -3.16. The highest BCUT2D eigenvalue weighted by Crippen LogP contribution is 2.43. The van der Waals surface area contributed by atoms with E-state index in [9.17, 15) is 10.2 Å². The molecule has 1 saturated carbocycles. The van der Waals surface area contributed by atoms with Crippen molar-refractivity contribution in [3.63, 3.8) is 0 Å². The smallest absolute Gasteiger partial charge is 0.167 e. The minimum Gasteiger partial charge on any atom is -0.386 e. The van der Waals surface area contributed by atoms with E-state index in [-0.39, 0.29) is 23.6 Å². The van der Waals surface area contributed by atoms with Crippen LogP contribution in [0.1, 0.15) is 70.7 Å². The summed E-state index contributed by atoms with van der Waals surface area (Å²) in [5.74, 6) is 1.31. The molecule has 12 heteroatoms. The summed E-state index contributed by atoms with van der Waals surface area (Å²) in [5.41, 5.74) is 10.0. The van der Waals surface area contributed by atoms with Gasteiger partial charge in [0.15, 0.2) is 17.7 Å². The molecule has 2 saturated heterocycles. The van der Waals surface area contributed by atoms with Crippen LogP contribution in [0.25, 0.3) is 22.2 Å². The number of nitrogens with zero attached hydrogens (tertiary/aromatic N) is 6. The summed E-state index contributed by atoms with van der Waals surface area (Å²) in [6, 6.07) is 6.61. The molecule has 6 atom stereocenters. The van der Waals surface area contributed by atoms with Gasteiger partial charge in [-0.25, -0.2) is 19.9 Å². The third kappa shape index (κ3) is 4.58. The van der Waals surface area contributed by atoms with Crippen LogP contribution in [0.15, 0.2) is 30.9 Å². The number of aliphatic hydroxyl groups is 2. The Labute approximate surface area is 237 Å². The minimum absolute atomic E-state index is 0.0437. The highest BCUT2D eigenvalue weighted by molar-refractivity contribution is 5.81.